The van der Waals surface area contributed by atoms with Crippen LogP contribution in [0.15, 0.2) is 0 Å². The minimum Gasteiger partial charge on any atom is -0.395 e. The molecule has 1 amide bonds. The number of carbonyl (C=O) groups excluding carboxylic acids is 1. The van der Waals surface area contributed by atoms with Crippen LogP contribution in [-0.4, -0.2) is 40.6 Å². The number of aliphatic hydroxyl groups excluding tert-OH is 1. The van der Waals surface area contributed by atoms with Crippen molar-refractivity contribution in [1.29, 1.82) is 0 Å². The maximum Gasteiger partial charge on any atom is 0.242 e. The SMILES string of the molecule is CC(C)(N)C(=O)N(CCO)C1CCCCC1. The van der Waals surface area contributed by atoms with Crippen LogP contribution in [0.3, 0.4) is 0 Å². The van der Waals surface area contributed by atoms with E-state index in [1.165, 1.54) is 19.3 Å². The Balaban J connectivity index is 2.69. The third-order valence-corrected chi connectivity index (χ3v) is 3.17. The summed E-state index contributed by atoms with van der Waals surface area (Å²) in [4.78, 5) is 13.9. The summed E-state index contributed by atoms with van der Waals surface area (Å²) in [5.74, 6) is -0.0477. The first kappa shape index (κ1) is 13.5. The van der Waals surface area contributed by atoms with Crippen LogP contribution in [-0.2, 0) is 4.79 Å². The van der Waals surface area contributed by atoms with Crippen molar-refractivity contribution in [1.82, 2.24) is 4.90 Å². The van der Waals surface area contributed by atoms with Crippen molar-refractivity contribution in [3.8, 4) is 0 Å². The van der Waals surface area contributed by atoms with E-state index in [1.807, 2.05) is 0 Å². The Kier molecular flexibility index (Phi) is 4.74. The van der Waals surface area contributed by atoms with Gasteiger partial charge < -0.3 is 15.7 Å². The van der Waals surface area contributed by atoms with Crippen LogP contribution in [0.2, 0.25) is 0 Å². The molecule has 1 rings (SSSR count). The summed E-state index contributed by atoms with van der Waals surface area (Å²) in [6.07, 6.45) is 5.68. The number of hydrogen-bond donors (Lipinski definition) is 2. The molecule has 1 fully saturated rings. The Morgan fingerprint density at radius 2 is 1.94 bits per heavy atom. The Bertz CT molecular complexity index is 230. The maximum absolute atomic E-state index is 12.1. The van der Waals surface area contributed by atoms with Crippen molar-refractivity contribution < 1.29 is 9.90 Å². The minimum absolute atomic E-state index is 0.0122. The van der Waals surface area contributed by atoms with Crippen LogP contribution >= 0.6 is 0 Å². The Morgan fingerprint density at radius 3 is 2.38 bits per heavy atom. The molecule has 4 nitrogen and oxygen atoms in total. The van der Waals surface area contributed by atoms with E-state index in [1.54, 1.807) is 18.7 Å². The first-order chi connectivity index (χ1) is 7.46. The van der Waals surface area contributed by atoms with Gasteiger partial charge in [0.05, 0.1) is 12.1 Å². The van der Waals surface area contributed by atoms with Gasteiger partial charge in [0.1, 0.15) is 0 Å². The second kappa shape index (κ2) is 5.64. The predicted octanol–water partition coefficient (Wildman–Crippen LogP) is 0.877. The fraction of sp³-hybridized carbons (Fsp3) is 0.917. The Morgan fingerprint density at radius 1 is 1.38 bits per heavy atom. The summed E-state index contributed by atoms with van der Waals surface area (Å²) in [6, 6.07) is 0.274. The topological polar surface area (TPSA) is 66.6 Å². The molecule has 0 bridgehead atoms. The van der Waals surface area contributed by atoms with E-state index in [9.17, 15) is 4.79 Å². The normalized spacial score (nSPS) is 18.5. The number of amides is 1. The molecule has 0 aliphatic heterocycles. The zero-order valence-electron chi connectivity index (χ0n) is 10.4. The highest BCUT2D eigenvalue weighted by Crippen LogP contribution is 2.23. The molecule has 0 atom stereocenters. The van der Waals surface area contributed by atoms with Gasteiger partial charge in [0.15, 0.2) is 0 Å². The summed E-state index contributed by atoms with van der Waals surface area (Å²) in [6.45, 7) is 3.87. The molecule has 0 spiro atoms. The highest BCUT2D eigenvalue weighted by molar-refractivity contribution is 5.85. The lowest BCUT2D eigenvalue weighted by Gasteiger charge is -2.37. The molecular formula is C12H24N2O2. The van der Waals surface area contributed by atoms with E-state index < -0.39 is 5.54 Å². The van der Waals surface area contributed by atoms with Gasteiger partial charge in [-0.3, -0.25) is 4.79 Å². The van der Waals surface area contributed by atoms with Crippen LogP contribution in [0.5, 0.6) is 0 Å². The van der Waals surface area contributed by atoms with E-state index in [0.717, 1.165) is 12.8 Å². The molecule has 1 saturated carbocycles. The van der Waals surface area contributed by atoms with E-state index in [2.05, 4.69) is 0 Å². The molecule has 0 aromatic carbocycles. The average molecular weight is 228 g/mol. The second-order valence-corrected chi connectivity index (χ2v) is 5.24. The smallest absolute Gasteiger partial charge is 0.242 e. The summed E-state index contributed by atoms with van der Waals surface area (Å²) in [5.41, 5.74) is 5.00. The molecule has 4 heteroatoms. The van der Waals surface area contributed by atoms with Gasteiger partial charge in [-0.25, -0.2) is 0 Å². The lowest BCUT2D eigenvalue weighted by Crippen LogP contribution is -2.55. The predicted molar refractivity (Wildman–Crippen MR) is 63.9 cm³/mol. The van der Waals surface area contributed by atoms with Crippen LogP contribution < -0.4 is 5.73 Å². The van der Waals surface area contributed by atoms with Crippen LogP contribution in [0.4, 0.5) is 0 Å². The summed E-state index contributed by atoms with van der Waals surface area (Å²) >= 11 is 0. The van der Waals surface area contributed by atoms with Crippen molar-refractivity contribution in [3.05, 3.63) is 0 Å². The average Bonchev–Trinajstić information content (AvgIpc) is 2.25. The standard InChI is InChI=1S/C12H24N2O2/c1-12(2,13)11(16)14(8-9-15)10-6-4-3-5-7-10/h10,15H,3-9,13H2,1-2H3. The molecule has 1 aliphatic carbocycles. The summed E-state index contributed by atoms with van der Waals surface area (Å²) in [5, 5.41) is 9.05. The second-order valence-electron chi connectivity index (χ2n) is 5.24. The number of nitrogens with zero attached hydrogens (tertiary/aromatic N) is 1. The molecule has 3 N–H and O–H groups in total. The number of aliphatic hydroxyl groups is 1. The Hall–Kier alpha value is -0.610. The minimum atomic E-state index is -0.841. The summed E-state index contributed by atoms with van der Waals surface area (Å²) < 4.78 is 0. The van der Waals surface area contributed by atoms with Crippen molar-refractivity contribution in [2.24, 2.45) is 5.73 Å². The zero-order valence-corrected chi connectivity index (χ0v) is 10.4. The van der Waals surface area contributed by atoms with Crippen LogP contribution in [0.25, 0.3) is 0 Å². The molecule has 0 heterocycles. The number of hydrogen-bond acceptors (Lipinski definition) is 3. The van der Waals surface area contributed by atoms with Crippen LogP contribution in [0, 0.1) is 0 Å². The molecule has 1 aliphatic rings. The molecule has 0 unspecified atom stereocenters. The fourth-order valence-electron chi connectivity index (χ4n) is 2.32. The first-order valence-electron chi connectivity index (χ1n) is 6.17. The first-order valence-corrected chi connectivity index (χ1v) is 6.17. The maximum atomic E-state index is 12.1. The molecule has 0 aromatic heterocycles. The van der Waals surface area contributed by atoms with E-state index in [0.29, 0.717) is 6.54 Å². The highest BCUT2D eigenvalue weighted by atomic mass is 16.3. The lowest BCUT2D eigenvalue weighted by molar-refractivity contribution is -0.139. The zero-order chi connectivity index (χ0) is 12.2. The van der Waals surface area contributed by atoms with Gasteiger partial charge in [-0.1, -0.05) is 19.3 Å². The quantitative estimate of drug-likeness (QED) is 0.750. The highest BCUT2D eigenvalue weighted by Gasteiger charge is 2.32. The summed E-state index contributed by atoms with van der Waals surface area (Å²) in [7, 11) is 0. The lowest BCUT2D eigenvalue weighted by atomic mass is 9.92. The van der Waals surface area contributed by atoms with Crippen LogP contribution in [0.1, 0.15) is 46.0 Å². The molecule has 0 radical (unpaired) electrons. The van der Waals surface area contributed by atoms with Crippen molar-refractivity contribution in [3.63, 3.8) is 0 Å². The van der Waals surface area contributed by atoms with Gasteiger partial charge in [0, 0.05) is 12.6 Å². The Labute approximate surface area is 97.8 Å². The van der Waals surface area contributed by atoms with Gasteiger partial charge in [-0.15, -0.1) is 0 Å². The van der Waals surface area contributed by atoms with Gasteiger partial charge in [0.25, 0.3) is 0 Å². The van der Waals surface area contributed by atoms with E-state index >= 15 is 0 Å². The fourth-order valence-corrected chi connectivity index (χ4v) is 2.32. The van der Waals surface area contributed by atoms with Crippen molar-refractivity contribution >= 4 is 5.91 Å². The number of carbonyl (C=O) groups is 1. The van der Waals surface area contributed by atoms with Crippen molar-refractivity contribution in [2.45, 2.75) is 57.5 Å². The van der Waals surface area contributed by atoms with Gasteiger partial charge in [0.2, 0.25) is 5.91 Å². The van der Waals surface area contributed by atoms with Crippen molar-refractivity contribution in [2.75, 3.05) is 13.2 Å². The number of nitrogens with two attached hydrogens (primary N) is 1. The molecular weight excluding hydrogens is 204 g/mol. The van der Waals surface area contributed by atoms with E-state index in [4.69, 9.17) is 10.8 Å². The molecule has 94 valence electrons. The molecule has 0 saturated heterocycles. The third kappa shape index (κ3) is 3.46. The van der Waals surface area contributed by atoms with Gasteiger partial charge in [-0.05, 0) is 26.7 Å². The largest absolute Gasteiger partial charge is 0.395 e. The van der Waals surface area contributed by atoms with Gasteiger partial charge >= 0.3 is 0 Å². The molecule has 16 heavy (non-hydrogen) atoms. The number of rotatable bonds is 4. The molecule has 0 aromatic rings. The van der Waals surface area contributed by atoms with E-state index in [-0.39, 0.29) is 18.6 Å². The van der Waals surface area contributed by atoms with Gasteiger partial charge in [-0.2, -0.15) is 0 Å². The monoisotopic (exact) mass is 228 g/mol. The third-order valence-electron chi connectivity index (χ3n) is 3.17.